The first-order valence-corrected chi connectivity index (χ1v) is 7.05. The molecule has 2 aromatic rings. The molecule has 1 saturated heterocycles. The molecule has 0 atom stereocenters. The van der Waals surface area contributed by atoms with Crippen LogP contribution in [0.1, 0.15) is 24.3 Å². The fourth-order valence-corrected chi connectivity index (χ4v) is 3.25. The molecule has 1 fully saturated rings. The summed E-state index contributed by atoms with van der Waals surface area (Å²) in [6.07, 6.45) is 4.79. The molecule has 0 bridgehead atoms. The highest BCUT2D eigenvalue weighted by Gasteiger charge is 2.22. The van der Waals surface area contributed by atoms with Crippen molar-refractivity contribution >= 4 is 10.9 Å². The Labute approximate surface area is 114 Å². The maximum Gasteiger partial charge on any atom is 0.0986 e. The molecule has 1 aliphatic rings. The lowest BCUT2D eigenvalue weighted by Crippen LogP contribution is -2.34. The van der Waals surface area contributed by atoms with Gasteiger partial charge in [-0.25, -0.2) is 0 Å². The Morgan fingerprint density at radius 3 is 2.68 bits per heavy atom. The summed E-state index contributed by atoms with van der Waals surface area (Å²) < 4.78 is 7.47. The van der Waals surface area contributed by atoms with E-state index >= 15 is 0 Å². The molecule has 0 radical (unpaired) electrons. The Bertz CT molecular complexity index is 553. The molecule has 102 valence electrons. The van der Waals surface area contributed by atoms with Gasteiger partial charge in [-0.3, -0.25) is 4.90 Å². The summed E-state index contributed by atoms with van der Waals surface area (Å²) in [5.74, 6) is 0.694. The van der Waals surface area contributed by atoms with Gasteiger partial charge in [-0.15, -0.1) is 0 Å². The third-order valence-corrected chi connectivity index (χ3v) is 4.27. The normalized spacial score (nSPS) is 18.2. The highest BCUT2D eigenvalue weighted by molar-refractivity contribution is 5.84. The van der Waals surface area contributed by atoms with Crippen LogP contribution in [0.5, 0.6) is 0 Å². The van der Waals surface area contributed by atoms with Crippen molar-refractivity contribution in [2.24, 2.45) is 7.05 Å². The summed E-state index contributed by atoms with van der Waals surface area (Å²) >= 11 is 0. The predicted octanol–water partition coefficient (Wildman–Crippen LogP) is 2.96. The Hall–Kier alpha value is -1.32. The highest BCUT2D eigenvalue weighted by atomic mass is 16.5. The van der Waals surface area contributed by atoms with Crippen LogP contribution in [0.25, 0.3) is 10.9 Å². The lowest BCUT2D eigenvalue weighted by Gasteiger charge is -2.31. The molecule has 0 amide bonds. The lowest BCUT2D eigenvalue weighted by molar-refractivity contribution is 0.0468. The number of aryl methyl sites for hydroxylation is 1. The van der Waals surface area contributed by atoms with E-state index in [0.29, 0.717) is 5.92 Å². The van der Waals surface area contributed by atoms with Crippen LogP contribution < -0.4 is 0 Å². The van der Waals surface area contributed by atoms with Crippen molar-refractivity contribution in [2.75, 3.05) is 26.9 Å². The average Bonchev–Trinajstić information content (AvgIpc) is 2.78. The molecular weight excluding hydrogens is 236 g/mol. The molecule has 2 heterocycles. The van der Waals surface area contributed by atoms with Crippen molar-refractivity contribution in [1.82, 2.24) is 9.47 Å². The van der Waals surface area contributed by atoms with Crippen LogP contribution in [-0.2, 0) is 11.8 Å². The van der Waals surface area contributed by atoms with E-state index in [1.807, 2.05) is 0 Å². The quantitative estimate of drug-likeness (QED) is 0.842. The van der Waals surface area contributed by atoms with E-state index < -0.39 is 0 Å². The number of hydrogen-bond acceptors (Lipinski definition) is 2. The molecule has 1 aliphatic heterocycles. The fourth-order valence-electron chi connectivity index (χ4n) is 3.25. The first-order valence-electron chi connectivity index (χ1n) is 7.05. The number of methoxy groups -OCH3 is 1. The average molecular weight is 258 g/mol. The van der Waals surface area contributed by atoms with Crippen LogP contribution in [0, 0.1) is 0 Å². The summed E-state index contributed by atoms with van der Waals surface area (Å²) in [5, 5.41) is 1.43. The molecule has 0 unspecified atom stereocenters. The summed E-state index contributed by atoms with van der Waals surface area (Å²) in [4.78, 5) is 2.39. The van der Waals surface area contributed by atoms with Gasteiger partial charge in [-0.1, -0.05) is 18.2 Å². The number of hydrogen-bond donors (Lipinski definition) is 0. The summed E-state index contributed by atoms with van der Waals surface area (Å²) in [6, 6.07) is 8.73. The number of likely N-dealkylation sites (tertiary alicyclic amines) is 1. The number of aromatic nitrogens is 1. The van der Waals surface area contributed by atoms with Crippen LogP contribution >= 0.6 is 0 Å². The minimum absolute atomic E-state index is 0.694. The third-order valence-electron chi connectivity index (χ3n) is 4.27. The Balaban J connectivity index is 1.82. The van der Waals surface area contributed by atoms with Gasteiger partial charge in [0.2, 0.25) is 0 Å². The first-order chi connectivity index (χ1) is 9.29. The lowest BCUT2D eigenvalue weighted by atomic mass is 9.89. The number of fused-ring (bicyclic) bond motifs is 1. The smallest absolute Gasteiger partial charge is 0.0986 e. The van der Waals surface area contributed by atoms with Gasteiger partial charge in [-0.2, -0.15) is 0 Å². The minimum Gasteiger partial charge on any atom is -0.369 e. The number of nitrogens with zero attached hydrogens (tertiary/aromatic N) is 2. The largest absolute Gasteiger partial charge is 0.369 e. The van der Waals surface area contributed by atoms with Gasteiger partial charge >= 0.3 is 0 Å². The number of ether oxygens (including phenoxy) is 1. The van der Waals surface area contributed by atoms with Crippen molar-refractivity contribution in [2.45, 2.75) is 18.8 Å². The van der Waals surface area contributed by atoms with Crippen molar-refractivity contribution < 1.29 is 4.74 Å². The fraction of sp³-hybridized carbons (Fsp3) is 0.500. The molecule has 3 rings (SSSR count). The number of para-hydroxylation sites is 1. The zero-order valence-corrected chi connectivity index (χ0v) is 11.8. The van der Waals surface area contributed by atoms with Gasteiger partial charge in [0.05, 0.1) is 6.73 Å². The van der Waals surface area contributed by atoms with Gasteiger partial charge in [0.15, 0.2) is 0 Å². The van der Waals surface area contributed by atoms with Gasteiger partial charge in [0.1, 0.15) is 0 Å². The molecule has 0 N–H and O–H groups in total. The summed E-state index contributed by atoms with van der Waals surface area (Å²) in [6.45, 7) is 3.05. The van der Waals surface area contributed by atoms with E-state index in [9.17, 15) is 0 Å². The Morgan fingerprint density at radius 1 is 1.21 bits per heavy atom. The second-order valence-corrected chi connectivity index (χ2v) is 5.52. The predicted molar refractivity (Wildman–Crippen MR) is 78.3 cm³/mol. The number of benzene rings is 1. The highest BCUT2D eigenvalue weighted by Crippen LogP contribution is 2.33. The Morgan fingerprint density at radius 2 is 1.95 bits per heavy atom. The second kappa shape index (κ2) is 5.35. The van der Waals surface area contributed by atoms with Crippen LogP contribution in [-0.4, -0.2) is 36.4 Å². The third kappa shape index (κ3) is 2.40. The first kappa shape index (κ1) is 12.7. The maximum absolute atomic E-state index is 5.22. The van der Waals surface area contributed by atoms with Crippen LogP contribution in [0.15, 0.2) is 30.5 Å². The van der Waals surface area contributed by atoms with Crippen LogP contribution in [0.4, 0.5) is 0 Å². The van der Waals surface area contributed by atoms with Crippen molar-refractivity contribution in [1.29, 1.82) is 0 Å². The molecule has 1 aromatic heterocycles. The maximum atomic E-state index is 5.22. The molecule has 0 spiro atoms. The Kier molecular flexibility index (Phi) is 3.58. The zero-order chi connectivity index (χ0) is 13.2. The minimum atomic E-state index is 0.694. The number of rotatable bonds is 3. The van der Waals surface area contributed by atoms with Crippen molar-refractivity contribution in [3.8, 4) is 0 Å². The van der Waals surface area contributed by atoms with Crippen LogP contribution in [0.2, 0.25) is 0 Å². The van der Waals surface area contributed by atoms with Gasteiger partial charge in [-0.05, 0) is 30.4 Å². The van der Waals surface area contributed by atoms with Crippen molar-refractivity contribution in [3.05, 3.63) is 36.0 Å². The molecule has 0 aliphatic carbocycles. The van der Waals surface area contributed by atoms with Gasteiger partial charge in [0, 0.05) is 44.3 Å². The SMILES string of the molecule is COCN1CCC(c2cn(C)c3ccccc23)CC1. The molecule has 19 heavy (non-hydrogen) atoms. The van der Waals surface area contributed by atoms with Gasteiger partial charge < -0.3 is 9.30 Å². The van der Waals surface area contributed by atoms with Crippen LogP contribution in [0.3, 0.4) is 0 Å². The standard InChI is InChI=1S/C16H22N2O/c1-17-11-15(14-5-3-4-6-16(14)17)13-7-9-18(10-8-13)12-19-2/h3-6,11,13H,7-10,12H2,1-2H3. The van der Waals surface area contributed by atoms with E-state index in [0.717, 1.165) is 19.8 Å². The number of piperidine rings is 1. The van der Waals surface area contributed by atoms with Crippen molar-refractivity contribution in [3.63, 3.8) is 0 Å². The molecular formula is C16H22N2O. The van der Waals surface area contributed by atoms with Gasteiger partial charge in [0.25, 0.3) is 0 Å². The topological polar surface area (TPSA) is 17.4 Å². The second-order valence-electron chi connectivity index (χ2n) is 5.52. The van der Waals surface area contributed by atoms with E-state index in [1.54, 1.807) is 7.11 Å². The molecule has 1 aromatic carbocycles. The summed E-state index contributed by atoms with van der Waals surface area (Å²) in [5.41, 5.74) is 2.87. The van der Waals surface area contributed by atoms with E-state index in [2.05, 4.69) is 47.0 Å². The zero-order valence-electron chi connectivity index (χ0n) is 11.8. The summed E-state index contributed by atoms with van der Waals surface area (Å²) in [7, 11) is 3.92. The van der Waals surface area contributed by atoms with E-state index in [-0.39, 0.29) is 0 Å². The molecule has 3 nitrogen and oxygen atoms in total. The van der Waals surface area contributed by atoms with E-state index in [4.69, 9.17) is 4.74 Å². The molecule has 0 saturated carbocycles. The molecule has 3 heteroatoms. The monoisotopic (exact) mass is 258 g/mol. The van der Waals surface area contributed by atoms with E-state index in [1.165, 1.54) is 29.3 Å².